The molecule has 0 radical (unpaired) electrons. The van der Waals surface area contributed by atoms with Crippen LogP contribution in [0.5, 0.6) is 0 Å². The number of carbonyl (C=O) groups is 2. The number of ketones is 1. The van der Waals surface area contributed by atoms with E-state index in [2.05, 4.69) is 15.3 Å². The second kappa shape index (κ2) is 6.91. The van der Waals surface area contributed by atoms with E-state index in [1.54, 1.807) is 45.0 Å². The summed E-state index contributed by atoms with van der Waals surface area (Å²) in [7, 11) is 0. The van der Waals surface area contributed by atoms with Gasteiger partial charge in [0.05, 0.1) is 23.3 Å². The van der Waals surface area contributed by atoms with Crippen molar-refractivity contribution >= 4 is 22.7 Å². The highest BCUT2D eigenvalue weighted by atomic mass is 16.5. The fourth-order valence-electron chi connectivity index (χ4n) is 2.88. The van der Waals surface area contributed by atoms with Gasteiger partial charge < -0.3 is 9.72 Å². The minimum atomic E-state index is -0.486. The number of carbonyl (C=O) groups excluding carboxylic acids is 2. The van der Waals surface area contributed by atoms with Gasteiger partial charge in [-0.3, -0.25) is 9.59 Å². The van der Waals surface area contributed by atoms with Crippen molar-refractivity contribution in [1.82, 2.24) is 20.0 Å². The SMILES string of the molecule is CCOC(=O)c1c(C)[nH]c(C(=O)Cn2nnc3ccccc3c2=O)c1C. The summed E-state index contributed by atoms with van der Waals surface area (Å²) in [5, 5.41) is 8.18. The molecule has 0 saturated carbocycles. The van der Waals surface area contributed by atoms with Gasteiger partial charge in [0, 0.05) is 5.69 Å². The Morgan fingerprint density at radius 3 is 2.69 bits per heavy atom. The topological polar surface area (TPSA) is 107 Å². The van der Waals surface area contributed by atoms with Crippen LogP contribution in [-0.4, -0.2) is 38.3 Å². The Balaban J connectivity index is 1.94. The summed E-state index contributed by atoms with van der Waals surface area (Å²) >= 11 is 0. The van der Waals surface area contributed by atoms with Crippen LogP contribution in [0.1, 0.15) is 39.0 Å². The Morgan fingerprint density at radius 1 is 1.23 bits per heavy atom. The van der Waals surface area contributed by atoms with E-state index in [-0.39, 0.29) is 24.6 Å². The lowest BCUT2D eigenvalue weighted by Gasteiger charge is -2.05. The molecule has 2 heterocycles. The molecule has 0 spiro atoms. The first-order valence-electron chi connectivity index (χ1n) is 8.16. The molecule has 26 heavy (non-hydrogen) atoms. The monoisotopic (exact) mass is 354 g/mol. The zero-order valence-electron chi connectivity index (χ0n) is 14.7. The number of nitrogens with one attached hydrogen (secondary N) is 1. The van der Waals surface area contributed by atoms with Gasteiger partial charge in [0.1, 0.15) is 12.1 Å². The Kier molecular flexibility index (Phi) is 4.66. The van der Waals surface area contributed by atoms with Crippen LogP contribution in [0.15, 0.2) is 29.1 Å². The second-order valence-corrected chi connectivity index (χ2v) is 5.84. The zero-order chi connectivity index (χ0) is 18.8. The van der Waals surface area contributed by atoms with E-state index < -0.39 is 11.5 Å². The first-order valence-corrected chi connectivity index (χ1v) is 8.16. The number of aryl methyl sites for hydroxylation is 1. The van der Waals surface area contributed by atoms with E-state index in [1.165, 1.54) is 0 Å². The molecule has 0 amide bonds. The maximum Gasteiger partial charge on any atom is 0.340 e. The van der Waals surface area contributed by atoms with Gasteiger partial charge in [-0.05, 0) is 38.5 Å². The van der Waals surface area contributed by atoms with Crippen LogP contribution in [0, 0.1) is 13.8 Å². The molecule has 8 heteroatoms. The van der Waals surface area contributed by atoms with Crippen LogP contribution in [0.25, 0.3) is 10.9 Å². The molecule has 1 N–H and O–H groups in total. The Hall–Kier alpha value is -3.29. The molecular weight excluding hydrogens is 336 g/mol. The fourth-order valence-corrected chi connectivity index (χ4v) is 2.88. The highest BCUT2D eigenvalue weighted by Gasteiger charge is 2.23. The molecule has 0 unspecified atom stereocenters. The van der Waals surface area contributed by atoms with Crippen LogP contribution in [0.4, 0.5) is 0 Å². The van der Waals surface area contributed by atoms with E-state index in [0.29, 0.717) is 27.7 Å². The van der Waals surface area contributed by atoms with Crippen molar-refractivity contribution in [2.75, 3.05) is 6.61 Å². The van der Waals surface area contributed by atoms with Gasteiger partial charge in [0.15, 0.2) is 0 Å². The standard InChI is InChI=1S/C18H18N4O4/c1-4-26-18(25)15-10(2)16(19-11(15)3)14(23)9-22-17(24)12-7-5-6-8-13(12)20-21-22/h5-8,19H,4,9H2,1-3H3. The molecule has 0 aliphatic rings. The summed E-state index contributed by atoms with van der Waals surface area (Å²) in [6, 6.07) is 6.80. The number of hydrogen-bond acceptors (Lipinski definition) is 6. The average molecular weight is 354 g/mol. The average Bonchev–Trinajstić information content (AvgIpc) is 2.92. The van der Waals surface area contributed by atoms with E-state index in [9.17, 15) is 14.4 Å². The quantitative estimate of drug-likeness (QED) is 0.553. The van der Waals surface area contributed by atoms with Crippen LogP contribution < -0.4 is 5.56 Å². The molecule has 0 saturated heterocycles. The van der Waals surface area contributed by atoms with Crippen LogP contribution in [0.2, 0.25) is 0 Å². The highest BCUT2D eigenvalue weighted by Crippen LogP contribution is 2.19. The predicted octanol–water partition coefficient (Wildman–Crippen LogP) is 1.80. The normalized spacial score (nSPS) is 10.9. The number of esters is 1. The third-order valence-electron chi connectivity index (χ3n) is 4.12. The highest BCUT2D eigenvalue weighted by molar-refractivity contribution is 6.01. The number of Topliss-reactive ketones (excluding diaryl/α,β-unsaturated/α-hetero) is 1. The number of H-pyrrole nitrogens is 1. The molecule has 1 aromatic carbocycles. The number of aromatic amines is 1. The third-order valence-corrected chi connectivity index (χ3v) is 4.12. The summed E-state index contributed by atoms with van der Waals surface area (Å²) in [6.45, 7) is 5.04. The minimum Gasteiger partial charge on any atom is -0.462 e. The van der Waals surface area contributed by atoms with Gasteiger partial charge in [-0.15, -0.1) is 5.10 Å². The Morgan fingerprint density at radius 2 is 1.96 bits per heavy atom. The Bertz CT molecular complexity index is 1060. The van der Waals surface area contributed by atoms with Gasteiger partial charge in [0.25, 0.3) is 5.56 Å². The molecule has 0 fully saturated rings. The summed E-state index contributed by atoms with van der Waals surface area (Å²) in [5.41, 5.74) is 1.71. The molecule has 3 aromatic rings. The van der Waals surface area contributed by atoms with E-state index >= 15 is 0 Å². The van der Waals surface area contributed by atoms with E-state index in [1.807, 2.05) is 0 Å². The molecular formula is C18H18N4O4. The molecule has 0 atom stereocenters. The number of ether oxygens (including phenoxy) is 1. The number of nitrogens with zero attached hydrogens (tertiary/aromatic N) is 3. The maximum atomic E-state index is 12.7. The number of benzene rings is 1. The van der Waals surface area contributed by atoms with Crippen molar-refractivity contribution in [3.63, 3.8) is 0 Å². The molecule has 8 nitrogen and oxygen atoms in total. The number of hydrogen-bond donors (Lipinski definition) is 1. The van der Waals surface area contributed by atoms with Crippen molar-refractivity contribution in [3.8, 4) is 0 Å². The molecule has 134 valence electrons. The minimum absolute atomic E-state index is 0.244. The van der Waals surface area contributed by atoms with Crippen molar-refractivity contribution in [1.29, 1.82) is 0 Å². The smallest absolute Gasteiger partial charge is 0.340 e. The summed E-state index contributed by atoms with van der Waals surface area (Å²) < 4.78 is 6.04. The van der Waals surface area contributed by atoms with Gasteiger partial charge in [-0.2, -0.15) is 0 Å². The molecule has 0 aliphatic carbocycles. The van der Waals surface area contributed by atoms with Crippen molar-refractivity contribution < 1.29 is 14.3 Å². The number of aromatic nitrogens is 4. The van der Waals surface area contributed by atoms with Crippen LogP contribution >= 0.6 is 0 Å². The second-order valence-electron chi connectivity index (χ2n) is 5.84. The largest absolute Gasteiger partial charge is 0.462 e. The van der Waals surface area contributed by atoms with Gasteiger partial charge in [-0.25, -0.2) is 9.48 Å². The molecule has 3 rings (SSSR count). The molecule has 0 aliphatic heterocycles. The summed E-state index contributed by atoms with van der Waals surface area (Å²) in [4.78, 5) is 40.1. The maximum absolute atomic E-state index is 12.7. The fraction of sp³-hybridized carbons (Fsp3) is 0.278. The first kappa shape index (κ1) is 17.5. The van der Waals surface area contributed by atoms with Crippen molar-refractivity contribution in [3.05, 3.63) is 57.1 Å². The van der Waals surface area contributed by atoms with Crippen LogP contribution in [0.3, 0.4) is 0 Å². The Labute approximate surface area is 148 Å². The third kappa shape index (κ3) is 3.01. The lowest BCUT2D eigenvalue weighted by Crippen LogP contribution is -2.28. The van der Waals surface area contributed by atoms with Crippen molar-refractivity contribution in [2.24, 2.45) is 0 Å². The molecule has 0 bridgehead atoms. The van der Waals surface area contributed by atoms with Crippen molar-refractivity contribution in [2.45, 2.75) is 27.3 Å². The summed E-state index contributed by atoms with van der Waals surface area (Å²) in [6.07, 6.45) is 0. The summed E-state index contributed by atoms with van der Waals surface area (Å²) in [5.74, 6) is -0.853. The number of rotatable bonds is 5. The van der Waals surface area contributed by atoms with E-state index in [4.69, 9.17) is 4.74 Å². The molecule has 2 aromatic heterocycles. The predicted molar refractivity (Wildman–Crippen MR) is 94.4 cm³/mol. The van der Waals surface area contributed by atoms with Crippen LogP contribution in [-0.2, 0) is 11.3 Å². The lowest BCUT2D eigenvalue weighted by molar-refractivity contribution is 0.0525. The van der Waals surface area contributed by atoms with Gasteiger partial charge >= 0.3 is 5.97 Å². The number of fused-ring (bicyclic) bond motifs is 1. The lowest BCUT2D eigenvalue weighted by atomic mass is 10.1. The first-order chi connectivity index (χ1) is 12.4. The van der Waals surface area contributed by atoms with Gasteiger partial charge in [0.2, 0.25) is 5.78 Å². The van der Waals surface area contributed by atoms with E-state index in [0.717, 1.165) is 4.68 Å². The zero-order valence-corrected chi connectivity index (χ0v) is 14.7. The van der Waals surface area contributed by atoms with Gasteiger partial charge in [-0.1, -0.05) is 17.3 Å².